The molecule has 0 aliphatic rings. The van der Waals surface area contributed by atoms with Crippen LogP contribution in [-0.4, -0.2) is 28.1 Å². The lowest BCUT2D eigenvalue weighted by molar-refractivity contribution is -0.149. The highest BCUT2D eigenvalue weighted by molar-refractivity contribution is 6.31. The Morgan fingerprint density at radius 2 is 1.77 bits per heavy atom. The molecule has 0 aliphatic heterocycles. The van der Waals surface area contributed by atoms with Crippen LogP contribution in [0.5, 0.6) is 0 Å². The molecule has 1 aromatic heterocycles. The van der Waals surface area contributed by atoms with Crippen LogP contribution in [0.25, 0.3) is 0 Å². The molecule has 2 unspecified atom stereocenters. The molecule has 1 heterocycles. The summed E-state index contributed by atoms with van der Waals surface area (Å²) < 4.78 is 48.8. The molecule has 7 nitrogen and oxygen atoms in total. The number of alkyl carbamates (subject to hydrolysis) is 1. The van der Waals surface area contributed by atoms with Crippen molar-refractivity contribution in [2.24, 2.45) is 0 Å². The molecule has 0 saturated heterocycles. The fourth-order valence-electron chi connectivity index (χ4n) is 2.60. The van der Waals surface area contributed by atoms with Gasteiger partial charge in [0.15, 0.2) is 11.9 Å². The summed E-state index contributed by atoms with van der Waals surface area (Å²) in [5, 5.41) is 2.31. The van der Waals surface area contributed by atoms with Gasteiger partial charge in [-0.1, -0.05) is 17.7 Å². The molecule has 0 radical (unpaired) electrons. The quantitative estimate of drug-likeness (QED) is 0.585. The minimum absolute atomic E-state index is 0.0959. The van der Waals surface area contributed by atoms with Gasteiger partial charge in [0.25, 0.3) is 0 Å². The second-order valence-electron chi connectivity index (χ2n) is 6.84. The van der Waals surface area contributed by atoms with E-state index in [4.69, 9.17) is 21.1 Å². The number of carbonyl (C=O) groups excluding carboxylic acids is 2. The number of aromatic nitrogens is 2. The van der Waals surface area contributed by atoms with Gasteiger partial charge in [0.05, 0.1) is 24.1 Å². The molecule has 2 aromatic rings. The number of halogens is 4. The summed E-state index contributed by atoms with van der Waals surface area (Å²) in [5.41, 5.74) is -0.640. The van der Waals surface area contributed by atoms with E-state index in [1.165, 1.54) is 25.4 Å². The van der Waals surface area contributed by atoms with Gasteiger partial charge in [-0.2, -0.15) is 13.2 Å². The topological polar surface area (TPSA) is 90.4 Å². The van der Waals surface area contributed by atoms with Crippen molar-refractivity contribution in [3.8, 4) is 0 Å². The number of hydrogen-bond acceptors (Lipinski definition) is 6. The maximum Gasteiger partial charge on any atom is 0.416 e. The highest BCUT2D eigenvalue weighted by Crippen LogP contribution is 2.33. The molecule has 0 saturated carbocycles. The zero-order valence-corrected chi connectivity index (χ0v) is 17.7. The zero-order valence-electron chi connectivity index (χ0n) is 16.9. The van der Waals surface area contributed by atoms with Crippen LogP contribution < -0.4 is 5.32 Å². The van der Waals surface area contributed by atoms with Crippen LogP contribution >= 0.6 is 11.6 Å². The molecule has 1 aromatic carbocycles. The predicted molar refractivity (Wildman–Crippen MR) is 105 cm³/mol. The van der Waals surface area contributed by atoms with Crippen LogP contribution in [0.2, 0.25) is 5.02 Å². The smallest absolute Gasteiger partial charge is 0.416 e. The van der Waals surface area contributed by atoms with Gasteiger partial charge in [0, 0.05) is 17.4 Å². The van der Waals surface area contributed by atoms with Crippen LogP contribution in [0.15, 0.2) is 36.7 Å². The highest BCUT2D eigenvalue weighted by Gasteiger charge is 2.31. The Bertz CT molecular complexity index is 910. The normalized spacial score (nSPS) is 13.4. The minimum atomic E-state index is -4.54. The Kier molecular flexibility index (Phi) is 8.21. The van der Waals surface area contributed by atoms with Crippen molar-refractivity contribution in [2.45, 2.75) is 51.6 Å². The van der Waals surface area contributed by atoms with Crippen LogP contribution in [-0.2, 0) is 20.4 Å². The third kappa shape index (κ3) is 7.39. The molecule has 2 rings (SSSR count). The molecule has 0 aliphatic carbocycles. The number of alkyl halides is 3. The Hall–Kier alpha value is -2.88. The lowest BCUT2D eigenvalue weighted by Crippen LogP contribution is -2.30. The number of rotatable bonds is 7. The van der Waals surface area contributed by atoms with Crippen LogP contribution in [0.4, 0.5) is 18.0 Å². The molecule has 0 fully saturated rings. The van der Waals surface area contributed by atoms with Gasteiger partial charge in [-0.15, -0.1) is 0 Å². The molecule has 2 atom stereocenters. The van der Waals surface area contributed by atoms with Gasteiger partial charge >= 0.3 is 18.2 Å². The summed E-state index contributed by atoms with van der Waals surface area (Å²) >= 11 is 5.96. The predicted octanol–water partition coefficient (Wildman–Crippen LogP) is 5.02. The maximum atomic E-state index is 12.8. The first kappa shape index (κ1) is 24.4. The average molecular weight is 460 g/mol. The number of ether oxygens (including phenoxy) is 2. The van der Waals surface area contributed by atoms with Gasteiger partial charge in [0.1, 0.15) is 0 Å². The number of nitrogens with zero attached hydrogens (tertiary/aromatic N) is 2. The van der Waals surface area contributed by atoms with E-state index in [1.807, 2.05) is 0 Å². The second-order valence-corrected chi connectivity index (χ2v) is 7.25. The molecule has 168 valence electrons. The van der Waals surface area contributed by atoms with E-state index in [0.717, 1.165) is 12.1 Å². The number of amides is 1. The van der Waals surface area contributed by atoms with Crippen molar-refractivity contribution >= 4 is 23.7 Å². The van der Waals surface area contributed by atoms with Crippen LogP contribution in [0, 0.1) is 0 Å². The number of esters is 1. The average Bonchev–Trinajstić information content (AvgIpc) is 2.66. The van der Waals surface area contributed by atoms with E-state index >= 15 is 0 Å². The van der Waals surface area contributed by atoms with Crippen molar-refractivity contribution < 1.29 is 32.2 Å². The molecular formula is C20H21ClF3N3O4. The summed E-state index contributed by atoms with van der Waals surface area (Å²) in [4.78, 5) is 32.4. The van der Waals surface area contributed by atoms with E-state index in [1.54, 1.807) is 19.9 Å². The van der Waals surface area contributed by atoms with E-state index in [9.17, 15) is 22.8 Å². The fraction of sp³-hybridized carbons (Fsp3) is 0.400. The zero-order chi connectivity index (χ0) is 23.2. The van der Waals surface area contributed by atoms with Crippen molar-refractivity contribution in [1.82, 2.24) is 15.3 Å². The third-order valence-electron chi connectivity index (χ3n) is 3.97. The van der Waals surface area contributed by atoms with Gasteiger partial charge in [-0.25, -0.2) is 14.8 Å². The number of benzene rings is 1. The molecule has 11 heteroatoms. The van der Waals surface area contributed by atoms with Gasteiger partial charge in [0.2, 0.25) is 0 Å². The van der Waals surface area contributed by atoms with Gasteiger partial charge < -0.3 is 14.8 Å². The van der Waals surface area contributed by atoms with E-state index in [2.05, 4.69) is 15.3 Å². The highest BCUT2D eigenvalue weighted by atomic mass is 35.5. The summed E-state index contributed by atoms with van der Waals surface area (Å²) in [6.45, 7) is 4.88. The van der Waals surface area contributed by atoms with E-state index in [0.29, 0.717) is 0 Å². The van der Waals surface area contributed by atoms with E-state index < -0.39 is 35.9 Å². The SMILES string of the molecule is CC(C)OC(=O)CC(OC(=O)NC(C)c1ccc(C(F)(F)F)cc1Cl)c1ncccn1. The van der Waals surface area contributed by atoms with Crippen LogP contribution in [0.1, 0.15) is 56.3 Å². The van der Waals surface area contributed by atoms with Gasteiger partial charge in [-0.3, -0.25) is 4.79 Å². The molecule has 31 heavy (non-hydrogen) atoms. The molecule has 1 N–H and O–H groups in total. The second kappa shape index (κ2) is 10.4. The lowest BCUT2D eigenvalue weighted by Gasteiger charge is -2.20. The Morgan fingerprint density at radius 3 is 2.32 bits per heavy atom. The summed E-state index contributed by atoms with van der Waals surface area (Å²) in [7, 11) is 0. The number of nitrogens with one attached hydrogen (secondary N) is 1. The minimum Gasteiger partial charge on any atom is -0.463 e. The maximum absolute atomic E-state index is 12.8. The summed E-state index contributed by atoms with van der Waals surface area (Å²) in [6.07, 6.45) is -4.42. The first-order valence-corrected chi connectivity index (χ1v) is 9.65. The summed E-state index contributed by atoms with van der Waals surface area (Å²) in [5.74, 6) is -0.516. The van der Waals surface area contributed by atoms with Crippen molar-refractivity contribution in [2.75, 3.05) is 0 Å². The first-order chi connectivity index (χ1) is 14.5. The molecular weight excluding hydrogens is 439 g/mol. The molecule has 0 spiro atoms. The van der Waals surface area contributed by atoms with Crippen molar-refractivity contribution in [3.05, 3.63) is 58.6 Å². The van der Waals surface area contributed by atoms with Crippen molar-refractivity contribution in [1.29, 1.82) is 0 Å². The monoisotopic (exact) mass is 459 g/mol. The Labute approximate surface area is 181 Å². The Balaban J connectivity index is 2.10. The third-order valence-corrected chi connectivity index (χ3v) is 4.30. The summed E-state index contributed by atoms with van der Waals surface area (Å²) in [6, 6.07) is 3.61. The van der Waals surface area contributed by atoms with Crippen molar-refractivity contribution in [3.63, 3.8) is 0 Å². The standard InChI is InChI=1S/C20H21ClF3N3O4/c1-11(2)30-17(28)10-16(18-25-7-4-8-26-18)31-19(29)27-12(3)14-6-5-13(9-15(14)21)20(22,23)24/h4-9,11-12,16H,10H2,1-3H3,(H,27,29). The lowest BCUT2D eigenvalue weighted by atomic mass is 10.1. The first-order valence-electron chi connectivity index (χ1n) is 9.27. The van der Waals surface area contributed by atoms with Gasteiger partial charge in [-0.05, 0) is 44.5 Å². The van der Waals surface area contributed by atoms with E-state index in [-0.39, 0.29) is 28.9 Å². The number of carbonyl (C=O) groups is 2. The largest absolute Gasteiger partial charge is 0.463 e. The van der Waals surface area contributed by atoms with Crippen LogP contribution in [0.3, 0.4) is 0 Å². The molecule has 1 amide bonds. The fourth-order valence-corrected chi connectivity index (χ4v) is 2.94. The molecule has 0 bridgehead atoms. The number of hydrogen-bond donors (Lipinski definition) is 1. The Morgan fingerprint density at radius 1 is 1.13 bits per heavy atom.